The van der Waals surface area contributed by atoms with Crippen molar-refractivity contribution in [3.05, 3.63) is 142 Å². The zero-order valence-corrected chi connectivity index (χ0v) is 70.7. The predicted molar refractivity (Wildman–Crippen MR) is 432 cm³/mol. The molecular formula is C85H113NO37. The second-order valence-electron chi connectivity index (χ2n) is 33.0. The predicted octanol–water partition coefficient (Wildman–Crippen LogP) is 3.64. The van der Waals surface area contributed by atoms with E-state index in [2.05, 4.69) is 5.32 Å². The van der Waals surface area contributed by atoms with Crippen LogP contribution in [0.4, 0.5) is 10.5 Å². The summed E-state index contributed by atoms with van der Waals surface area (Å²) in [6, 6.07) is 20.3. The number of amides is 1. The van der Waals surface area contributed by atoms with Gasteiger partial charge in [0.2, 0.25) is 25.2 Å². The summed E-state index contributed by atoms with van der Waals surface area (Å²) < 4.78 is 62.6. The normalized spacial score (nSPS) is 26.7. The number of benzene rings is 4. The van der Waals surface area contributed by atoms with Crippen LogP contribution in [0.1, 0.15) is 128 Å². The van der Waals surface area contributed by atoms with Crippen LogP contribution in [-0.2, 0) is 81.0 Å². The minimum Gasteiger partial charge on any atom is -0.479 e. The molecular weight excluding hydrogens is 1630 g/mol. The number of aliphatic hydroxyl groups excluding tert-OH is 12. The highest BCUT2D eigenvalue weighted by Crippen LogP contribution is 2.34. The molecule has 0 saturated carbocycles. The first-order valence-corrected chi connectivity index (χ1v) is 38.5. The quantitative estimate of drug-likeness (QED) is 0.0352. The molecule has 4 saturated heterocycles. The van der Waals surface area contributed by atoms with Gasteiger partial charge in [0.1, 0.15) is 117 Å². The Hall–Kier alpha value is -10.4. The monoisotopic (exact) mass is 1740 g/mol. The minimum atomic E-state index is -1.89. The first-order chi connectivity index (χ1) is 57.0. The molecule has 38 heteroatoms. The summed E-state index contributed by atoms with van der Waals surface area (Å²) in [4.78, 5) is 104. The maximum absolute atomic E-state index is 12.2. The van der Waals surface area contributed by atoms with E-state index in [0.717, 1.165) is 27.8 Å². The molecule has 0 radical (unpaired) electrons. The highest BCUT2D eigenvalue weighted by Gasteiger charge is 2.52. The van der Waals surface area contributed by atoms with Crippen LogP contribution in [0.15, 0.2) is 97.1 Å². The van der Waals surface area contributed by atoms with Crippen molar-refractivity contribution in [3.63, 3.8) is 0 Å². The Balaban J connectivity index is 0.000000292. The largest absolute Gasteiger partial charge is 0.479 e. The summed E-state index contributed by atoms with van der Waals surface area (Å²) in [5, 5.41) is 158. The smallest absolute Gasteiger partial charge is 0.414 e. The highest BCUT2D eigenvalue weighted by atomic mass is 16.7. The third-order valence-corrected chi connectivity index (χ3v) is 18.2. The average molecular weight is 1740 g/mol. The number of carbonyl (C=O) groups is 9. The summed E-state index contributed by atoms with van der Waals surface area (Å²) in [6.45, 7) is 28.6. The van der Waals surface area contributed by atoms with E-state index in [1.807, 2.05) is 26.8 Å². The number of carboxylic acid groups (broad SMARTS) is 4. The molecule has 17 N–H and O–H groups in total. The zero-order valence-electron chi connectivity index (χ0n) is 70.7. The molecule has 2 unspecified atom stereocenters. The zero-order chi connectivity index (χ0) is 92.8. The van der Waals surface area contributed by atoms with Crippen LogP contribution in [0.3, 0.4) is 0 Å². The van der Waals surface area contributed by atoms with Gasteiger partial charge in [-0.25, -0.2) is 24.0 Å². The maximum Gasteiger partial charge on any atom is 0.414 e. The average Bonchev–Trinajstić information content (AvgIpc) is 0.809. The third kappa shape index (κ3) is 30.5. The Kier molecular flexibility index (Phi) is 38.0. The van der Waals surface area contributed by atoms with Gasteiger partial charge in [0.25, 0.3) is 0 Å². The van der Waals surface area contributed by atoms with E-state index in [1.165, 1.54) is 0 Å². The van der Waals surface area contributed by atoms with Crippen molar-refractivity contribution in [1.82, 2.24) is 0 Å². The number of nitrogens with one attached hydrogen (secondary N) is 1. The Morgan fingerprint density at radius 1 is 0.341 bits per heavy atom. The lowest BCUT2D eigenvalue weighted by atomic mass is 9.97. The van der Waals surface area contributed by atoms with Crippen molar-refractivity contribution in [2.24, 2.45) is 21.7 Å². The van der Waals surface area contributed by atoms with Crippen LogP contribution >= 0.6 is 0 Å². The van der Waals surface area contributed by atoms with Gasteiger partial charge in [-0.05, 0) is 205 Å². The van der Waals surface area contributed by atoms with Gasteiger partial charge in [-0.3, -0.25) is 24.5 Å². The second kappa shape index (κ2) is 45.3. The van der Waals surface area contributed by atoms with Gasteiger partial charge in [-0.1, -0.05) is 60.2 Å². The van der Waals surface area contributed by atoms with Crippen molar-refractivity contribution in [2.75, 3.05) is 31.7 Å². The molecule has 1 amide bonds. The van der Waals surface area contributed by atoms with Crippen molar-refractivity contribution in [1.29, 1.82) is 0 Å². The van der Waals surface area contributed by atoms with Gasteiger partial charge >= 0.3 is 53.8 Å². The molecule has 123 heavy (non-hydrogen) atoms. The fourth-order valence-electron chi connectivity index (χ4n) is 10.9. The van der Waals surface area contributed by atoms with Gasteiger partial charge in [0.15, 0.2) is 24.4 Å². The molecule has 680 valence electrons. The Bertz CT molecular complexity index is 4390. The summed E-state index contributed by atoms with van der Waals surface area (Å²) >= 11 is 0. The Morgan fingerprint density at radius 3 is 1.06 bits per heavy atom. The molecule has 0 bridgehead atoms. The first kappa shape index (κ1) is 103. The van der Waals surface area contributed by atoms with E-state index in [1.54, 1.807) is 205 Å². The van der Waals surface area contributed by atoms with Crippen LogP contribution < -0.4 is 19.5 Å². The molecule has 4 aromatic rings. The van der Waals surface area contributed by atoms with Gasteiger partial charge in [0.05, 0.1) is 21.7 Å². The number of hydrogen-bond acceptors (Lipinski definition) is 33. The molecule has 4 aliphatic heterocycles. The number of aliphatic hydroxyl groups is 12. The topological polar surface area (TPSA) is 600 Å². The summed E-state index contributed by atoms with van der Waals surface area (Å²) in [5.41, 5.74) is 3.88. The minimum absolute atomic E-state index is 0.0397. The summed E-state index contributed by atoms with van der Waals surface area (Å²) in [5.74, 6) is -6.59. The van der Waals surface area contributed by atoms with Crippen LogP contribution in [0.5, 0.6) is 17.2 Å². The molecule has 4 heterocycles. The van der Waals surface area contributed by atoms with E-state index in [4.69, 9.17) is 77.3 Å². The van der Waals surface area contributed by atoms with E-state index >= 15 is 0 Å². The molecule has 38 nitrogen and oxygen atoms in total. The van der Waals surface area contributed by atoms with Gasteiger partial charge < -0.3 is 139 Å². The molecule has 0 spiro atoms. The van der Waals surface area contributed by atoms with Crippen molar-refractivity contribution in [2.45, 2.75) is 234 Å². The Morgan fingerprint density at radius 2 is 0.675 bits per heavy atom. The molecule has 20 atom stereocenters. The summed E-state index contributed by atoms with van der Waals surface area (Å²) in [6.07, 6.45) is -22.3. The van der Waals surface area contributed by atoms with E-state index in [9.17, 15) is 104 Å². The fourth-order valence-corrected chi connectivity index (χ4v) is 10.9. The highest BCUT2D eigenvalue weighted by molar-refractivity contribution is 5.86. The maximum atomic E-state index is 12.2. The number of aryl methyl sites for hydroxylation is 4. The standard InChI is InChI=1S/C22H29NO10.3C21H28O9/c1-11-10-12(6-5-9-31-20(29)22(2,3)4)7-8-13(11)23-21(30)33-19-16(26)14(24)15(25)17(32-19)18(27)28;1-11-10-13(8-7-12(11)6-5-9-28-20(27)21(2,3)4)29-19-16(24)14(22)15(23)17(30-19)18(25)26;1-11-7-8-13(12(10-11)6-5-9-28-20(27)21(2,3)4)29-19-16(24)14(22)15(23)17(30-19)18(25)26;1-11-7-8-12(6-5-9-28-20(27)21(2,3)4)13(10-11)29-19-16(24)14(22)15(23)17(30-19)18(25)26/h5-8,10,14-17,19,24-26H,9H2,1-4H3,(H,23,30)(H,27,28);3*5-8,10,14-17,19,22-24H,9H2,1-4H3,(H,25,26)/b4*6-5+/t14-,15-,16+,17-,19-;14-,15-,16+,17-,19+;2*14-,15-,16+,17-,19?/m0000/s1. The number of hydrogen-bond donors (Lipinski definition) is 17. The lowest BCUT2D eigenvalue weighted by Gasteiger charge is -2.38. The number of rotatable bonds is 24. The number of anilines is 1. The van der Waals surface area contributed by atoms with E-state index < -0.39 is 174 Å². The number of esters is 4. The molecule has 0 aliphatic carbocycles. The molecule has 8 rings (SSSR count). The van der Waals surface area contributed by atoms with Crippen LogP contribution in [0.2, 0.25) is 0 Å². The number of carboxylic acids is 4. The molecule has 4 aromatic carbocycles. The Labute approximate surface area is 708 Å². The van der Waals surface area contributed by atoms with Crippen LogP contribution in [0.25, 0.3) is 24.3 Å². The lowest BCUT2D eigenvalue weighted by molar-refractivity contribution is -0.277. The number of carbonyl (C=O) groups excluding carboxylic acids is 5. The van der Waals surface area contributed by atoms with Crippen molar-refractivity contribution >= 4 is 83.8 Å². The summed E-state index contributed by atoms with van der Waals surface area (Å²) in [7, 11) is 0. The molecule has 4 fully saturated rings. The van der Waals surface area contributed by atoms with E-state index in [-0.39, 0.29) is 67.6 Å². The van der Waals surface area contributed by atoms with E-state index in [0.29, 0.717) is 22.4 Å². The SMILES string of the molecule is Cc1cc(/C=C/COC(=O)C(C)(C)C)ccc1NC(=O)O[C@@H]1O[C@H](C(=O)O)[C@@H](O)[C@H](O)[C@H]1O.Cc1cc(O[C@@H]2O[C@H](C(=O)O)[C@@H](O)[C@H](O)[C@H]2O)ccc1/C=C/COC(=O)C(C)(C)C.Cc1ccc(/C=C/COC(=O)C(C)(C)C)c(OC2O[C@H](C(=O)O)[C@@H](O)[C@H](O)[C@H]2O)c1.Cc1ccc(OC2O[C@H](C(=O)O)[C@@H](O)[C@H](O)[C@H]2O)c(/C=C/COC(=O)C(C)(C)C)c1. The lowest BCUT2D eigenvalue weighted by Crippen LogP contribution is -2.61. The van der Waals surface area contributed by atoms with Crippen molar-refractivity contribution in [3.8, 4) is 17.2 Å². The van der Waals surface area contributed by atoms with Gasteiger partial charge in [-0.2, -0.15) is 0 Å². The van der Waals surface area contributed by atoms with Crippen LogP contribution in [-0.4, -0.2) is 285 Å². The molecule has 0 aromatic heterocycles. The van der Waals surface area contributed by atoms with Gasteiger partial charge in [-0.15, -0.1) is 0 Å². The fraction of sp³-hybridized carbons (Fsp3) is 0.518. The number of ether oxygens (including phenoxy) is 12. The van der Waals surface area contributed by atoms with Crippen LogP contribution in [0, 0.1) is 49.4 Å². The van der Waals surface area contributed by atoms with Gasteiger partial charge in [0, 0.05) is 16.8 Å². The number of aliphatic carboxylic acids is 4. The van der Waals surface area contributed by atoms with Crippen molar-refractivity contribution < 1.29 is 182 Å². The second-order valence-corrected chi connectivity index (χ2v) is 33.0. The third-order valence-electron chi connectivity index (χ3n) is 18.2. The molecule has 4 aliphatic rings. The first-order valence-electron chi connectivity index (χ1n) is 38.5.